The fourth-order valence-corrected chi connectivity index (χ4v) is 5.74. The van der Waals surface area contributed by atoms with Crippen LogP contribution < -0.4 is 5.73 Å². The van der Waals surface area contributed by atoms with E-state index in [0.717, 1.165) is 16.4 Å². The molecule has 2 saturated heterocycles. The van der Waals surface area contributed by atoms with Crippen molar-refractivity contribution in [3.8, 4) is 0 Å². The number of likely N-dealkylation sites (tertiary alicyclic amines) is 1. The number of piperidine rings is 2. The summed E-state index contributed by atoms with van der Waals surface area (Å²) < 4.78 is 66.0. The van der Waals surface area contributed by atoms with Gasteiger partial charge in [0.25, 0.3) is 0 Å². The highest BCUT2D eigenvalue weighted by molar-refractivity contribution is 7.89. The fraction of sp³-hybridized carbons (Fsp3) is 0.579. The van der Waals surface area contributed by atoms with Crippen molar-refractivity contribution in [2.75, 3.05) is 26.2 Å². The fourth-order valence-electron chi connectivity index (χ4n) is 4.02. The zero-order valence-corrected chi connectivity index (χ0v) is 18.1. The molecule has 1 aromatic rings. The molecular formula is C19H23ClF3N3O4S. The summed E-state index contributed by atoms with van der Waals surface area (Å²) >= 11 is 5.57. The van der Waals surface area contributed by atoms with Crippen LogP contribution in [0.3, 0.4) is 0 Å². The molecule has 172 valence electrons. The van der Waals surface area contributed by atoms with Gasteiger partial charge in [-0.1, -0.05) is 11.6 Å². The second kappa shape index (κ2) is 8.95. The summed E-state index contributed by atoms with van der Waals surface area (Å²) in [6.07, 6.45) is -3.22. The summed E-state index contributed by atoms with van der Waals surface area (Å²) in [5.74, 6) is -1.07. The van der Waals surface area contributed by atoms with Crippen LogP contribution in [0.1, 0.15) is 31.2 Å². The van der Waals surface area contributed by atoms with Crippen molar-refractivity contribution in [1.82, 2.24) is 9.21 Å². The zero-order chi connectivity index (χ0) is 23.0. The first-order chi connectivity index (χ1) is 14.4. The predicted molar refractivity (Wildman–Crippen MR) is 106 cm³/mol. The first-order valence-corrected chi connectivity index (χ1v) is 11.7. The molecule has 2 aliphatic rings. The van der Waals surface area contributed by atoms with Crippen LogP contribution in [0.15, 0.2) is 23.1 Å². The van der Waals surface area contributed by atoms with E-state index in [1.54, 1.807) is 4.90 Å². The van der Waals surface area contributed by atoms with Crippen LogP contribution in [0, 0.1) is 11.8 Å². The number of rotatable bonds is 4. The average molecular weight is 482 g/mol. The van der Waals surface area contributed by atoms with Gasteiger partial charge >= 0.3 is 6.18 Å². The molecule has 2 heterocycles. The third-order valence-corrected chi connectivity index (χ3v) is 8.12. The molecule has 7 nitrogen and oxygen atoms in total. The second-order valence-corrected chi connectivity index (χ2v) is 10.2. The summed E-state index contributed by atoms with van der Waals surface area (Å²) in [6.45, 7) is 0.910. The van der Waals surface area contributed by atoms with Crippen LogP contribution in [0.2, 0.25) is 5.02 Å². The number of benzene rings is 1. The SMILES string of the molecule is NC(=O)C1CCN(C(=O)C2CCN(S(=O)(=O)c3ccc(Cl)c(C(F)(F)F)c3)CC2)CC1. The third-order valence-electron chi connectivity index (χ3n) is 5.89. The number of carbonyl (C=O) groups excluding carboxylic acids is 2. The summed E-state index contributed by atoms with van der Waals surface area (Å²) in [5, 5.41) is -0.573. The highest BCUT2D eigenvalue weighted by Gasteiger charge is 2.38. The predicted octanol–water partition coefficient (Wildman–Crippen LogP) is 2.48. The number of hydrogen-bond donors (Lipinski definition) is 1. The number of alkyl halides is 3. The first-order valence-electron chi connectivity index (χ1n) is 9.86. The lowest BCUT2D eigenvalue weighted by atomic mass is 9.92. The number of primary amides is 1. The largest absolute Gasteiger partial charge is 0.417 e. The molecule has 0 atom stereocenters. The van der Waals surface area contributed by atoms with Gasteiger partial charge in [-0.15, -0.1) is 0 Å². The lowest BCUT2D eigenvalue weighted by Gasteiger charge is -2.36. The molecule has 1 aromatic carbocycles. The number of nitrogens with zero attached hydrogens (tertiary/aromatic N) is 2. The Hall–Kier alpha value is -1.85. The van der Waals surface area contributed by atoms with Crippen LogP contribution in [0.5, 0.6) is 0 Å². The zero-order valence-electron chi connectivity index (χ0n) is 16.6. The van der Waals surface area contributed by atoms with Gasteiger partial charge in [-0.3, -0.25) is 9.59 Å². The summed E-state index contributed by atoms with van der Waals surface area (Å²) in [5.41, 5.74) is 4.09. The molecule has 2 fully saturated rings. The minimum Gasteiger partial charge on any atom is -0.369 e. The average Bonchev–Trinajstić information content (AvgIpc) is 2.72. The summed E-state index contributed by atoms with van der Waals surface area (Å²) in [4.78, 5) is 25.2. The van der Waals surface area contributed by atoms with Crippen molar-refractivity contribution >= 4 is 33.4 Å². The van der Waals surface area contributed by atoms with Crippen LogP contribution >= 0.6 is 11.6 Å². The third kappa shape index (κ3) is 5.15. The molecule has 2 N–H and O–H groups in total. The maximum absolute atomic E-state index is 13.1. The smallest absolute Gasteiger partial charge is 0.369 e. The van der Waals surface area contributed by atoms with Crippen LogP contribution in [0.4, 0.5) is 13.2 Å². The van der Waals surface area contributed by atoms with Crippen LogP contribution in [-0.2, 0) is 25.8 Å². The first kappa shape index (κ1) is 23.8. The van der Waals surface area contributed by atoms with Crippen molar-refractivity contribution < 1.29 is 31.2 Å². The summed E-state index contributed by atoms with van der Waals surface area (Å²) in [6, 6.07) is 2.51. The van der Waals surface area contributed by atoms with E-state index in [0.29, 0.717) is 32.0 Å². The lowest BCUT2D eigenvalue weighted by molar-refractivity contribution is -0.139. The molecule has 0 spiro atoms. The standard InChI is InChI=1S/C19H23ClF3N3O4S/c20-16-2-1-14(11-15(16)19(21,22)23)31(29,30)26-9-5-13(6-10-26)18(28)25-7-3-12(4-8-25)17(24)27/h1-2,11-13H,3-10H2,(H2,24,27). The molecule has 0 saturated carbocycles. The van der Waals surface area contributed by atoms with Gasteiger partial charge in [-0.05, 0) is 43.9 Å². The molecular weight excluding hydrogens is 459 g/mol. The topological polar surface area (TPSA) is 101 Å². The monoisotopic (exact) mass is 481 g/mol. The van der Waals surface area contributed by atoms with E-state index in [4.69, 9.17) is 17.3 Å². The Morgan fingerprint density at radius 2 is 1.55 bits per heavy atom. The van der Waals surface area contributed by atoms with E-state index in [2.05, 4.69) is 0 Å². The van der Waals surface area contributed by atoms with E-state index in [-0.39, 0.29) is 49.6 Å². The van der Waals surface area contributed by atoms with Crippen molar-refractivity contribution in [2.24, 2.45) is 17.6 Å². The van der Waals surface area contributed by atoms with E-state index in [1.165, 1.54) is 0 Å². The highest BCUT2D eigenvalue weighted by atomic mass is 35.5. The van der Waals surface area contributed by atoms with E-state index >= 15 is 0 Å². The van der Waals surface area contributed by atoms with Gasteiger partial charge in [0.2, 0.25) is 21.8 Å². The minimum absolute atomic E-state index is 0.0282. The second-order valence-electron chi connectivity index (χ2n) is 7.82. The van der Waals surface area contributed by atoms with Crippen molar-refractivity contribution in [2.45, 2.75) is 36.8 Å². The number of sulfonamides is 1. The number of hydrogen-bond acceptors (Lipinski definition) is 4. The van der Waals surface area contributed by atoms with Gasteiger partial charge in [0.15, 0.2) is 0 Å². The molecule has 12 heteroatoms. The maximum atomic E-state index is 13.1. The number of carbonyl (C=O) groups is 2. The molecule has 2 aliphatic heterocycles. The van der Waals surface area contributed by atoms with Gasteiger partial charge in [0, 0.05) is 38.0 Å². The van der Waals surface area contributed by atoms with Crippen molar-refractivity contribution in [3.05, 3.63) is 28.8 Å². The van der Waals surface area contributed by atoms with E-state index < -0.39 is 31.7 Å². The Balaban J connectivity index is 1.64. The van der Waals surface area contributed by atoms with Gasteiger partial charge in [0.1, 0.15) is 0 Å². The molecule has 0 aromatic heterocycles. The molecule has 2 amide bonds. The quantitative estimate of drug-likeness (QED) is 0.714. The Morgan fingerprint density at radius 3 is 2.06 bits per heavy atom. The van der Waals surface area contributed by atoms with Gasteiger partial charge < -0.3 is 10.6 Å². The molecule has 3 rings (SSSR count). The van der Waals surface area contributed by atoms with Crippen LogP contribution in [0.25, 0.3) is 0 Å². The Morgan fingerprint density at radius 1 is 1.00 bits per heavy atom. The van der Waals surface area contributed by atoms with E-state index in [9.17, 15) is 31.2 Å². The maximum Gasteiger partial charge on any atom is 0.417 e. The van der Waals surface area contributed by atoms with Crippen molar-refractivity contribution in [1.29, 1.82) is 0 Å². The van der Waals surface area contributed by atoms with Gasteiger partial charge in [0.05, 0.1) is 15.5 Å². The minimum atomic E-state index is -4.77. The Bertz CT molecular complexity index is 955. The molecule has 0 unspecified atom stereocenters. The molecule has 31 heavy (non-hydrogen) atoms. The van der Waals surface area contributed by atoms with Gasteiger partial charge in [-0.2, -0.15) is 17.5 Å². The summed E-state index contributed by atoms with van der Waals surface area (Å²) in [7, 11) is -4.15. The van der Waals surface area contributed by atoms with Crippen LogP contribution in [-0.4, -0.2) is 55.6 Å². The lowest BCUT2D eigenvalue weighted by Crippen LogP contribution is -2.47. The van der Waals surface area contributed by atoms with Crippen molar-refractivity contribution in [3.63, 3.8) is 0 Å². The number of halogens is 4. The normalized spacial score (nSPS) is 20.1. The number of nitrogens with two attached hydrogens (primary N) is 1. The Kier molecular flexibility index (Phi) is 6.87. The number of amides is 2. The Labute approximate surface area is 183 Å². The molecule has 0 aliphatic carbocycles. The van der Waals surface area contributed by atoms with Gasteiger partial charge in [-0.25, -0.2) is 8.42 Å². The van der Waals surface area contributed by atoms with E-state index in [1.807, 2.05) is 0 Å². The molecule has 0 bridgehead atoms. The highest BCUT2D eigenvalue weighted by Crippen LogP contribution is 2.37. The molecule has 0 radical (unpaired) electrons.